The van der Waals surface area contributed by atoms with Gasteiger partial charge in [0.25, 0.3) is 0 Å². The Kier molecular flexibility index (Phi) is 6.00. The molecule has 2 heterocycles. The van der Waals surface area contributed by atoms with Crippen LogP contribution in [0.2, 0.25) is 0 Å². The summed E-state index contributed by atoms with van der Waals surface area (Å²) in [5.74, 6) is 3.04. The van der Waals surface area contributed by atoms with Crippen LogP contribution >= 0.6 is 11.8 Å². The lowest BCUT2D eigenvalue weighted by molar-refractivity contribution is -0.113. The van der Waals surface area contributed by atoms with Crippen LogP contribution in [0.1, 0.15) is 46.0 Å². The molecule has 0 saturated carbocycles. The zero-order valence-corrected chi connectivity index (χ0v) is 13.2. The van der Waals surface area contributed by atoms with Gasteiger partial charge < -0.3 is 15.2 Å². The van der Waals surface area contributed by atoms with E-state index in [9.17, 15) is 0 Å². The lowest BCUT2D eigenvalue weighted by atomic mass is 9.77. The van der Waals surface area contributed by atoms with E-state index >= 15 is 0 Å². The number of hydrogen-bond acceptors (Lipinski definition) is 4. The first-order valence-electron chi connectivity index (χ1n) is 7.79. The van der Waals surface area contributed by atoms with Gasteiger partial charge in [0.15, 0.2) is 0 Å². The summed E-state index contributed by atoms with van der Waals surface area (Å²) in [6, 6.07) is 0.167. The van der Waals surface area contributed by atoms with Gasteiger partial charge in [0.1, 0.15) is 0 Å². The predicted molar refractivity (Wildman–Crippen MR) is 81.6 cm³/mol. The van der Waals surface area contributed by atoms with Crippen LogP contribution in [0.4, 0.5) is 0 Å². The van der Waals surface area contributed by atoms with Crippen LogP contribution in [0.5, 0.6) is 0 Å². The molecule has 0 amide bonds. The second kappa shape index (κ2) is 7.30. The molecule has 3 unspecified atom stereocenters. The highest BCUT2D eigenvalue weighted by Gasteiger charge is 2.41. The van der Waals surface area contributed by atoms with Crippen molar-refractivity contribution in [3.63, 3.8) is 0 Å². The summed E-state index contributed by atoms with van der Waals surface area (Å²) in [6.45, 7) is 5.87. The van der Waals surface area contributed by atoms with Crippen LogP contribution in [0.15, 0.2) is 0 Å². The summed E-state index contributed by atoms with van der Waals surface area (Å²) < 4.78 is 12.0. The third kappa shape index (κ3) is 3.87. The summed E-state index contributed by atoms with van der Waals surface area (Å²) in [5, 5.41) is 0. The van der Waals surface area contributed by atoms with Gasteiger partial charge in [0.05, 0.1) is 11.7 Å². The quantitative estimate of drug-likeness (QED) is 0.844. The van der Waals surface area contributed by atoms with E-state index in [1.54, 1.807) is 0 Å². The predicted octanol–water partition coefficient (Wildman–Crippen LogP) is 2.82. The third-order valence-electron chi connectivity index (χ3n) is 4.69. The first-order valence-corrected chi connectivity index (χ1v) is 8.95. The van der Waals surface area contributed by atoms with E-state index in [1.807, 2.05) is 0 Å². The van der Waals surface area contributed by atoms with E-state index in [4.69, 9.17) is 15.2 Å². The van der Waals surface area contributed by atoms with Crippen LogP contribution in [-0.2, 0) is 9.47 Å². The number of rotatable bonds is 5. The Balaban J connectivity index is 1.95. The highest BCUT2D eigenvalue weighted by molar-refractivity contribution is 7.99. The van der Waals surface area contributed by atoms with E-state index in [0.717, 1.165) is 32.5 Å². The summed E-state index contributed by atoms with van der Waals surface area (Å²) in [4.78, 5) is 0. The van der Waals surface area contributed by atoms with Crippen LogP contribution in [0, 0.1) is 5.92 Å². The van der Waals surface area contributed by atoms with Gasteiger partial charge in [0.2, 0.25) is 0 Å². The first kappa shape index (κ1) is 15.6. The average molecular weight is 287 g/mol. The Hall–Kier alpha value is 0.230. The first-order chi connectivity index (χ1) is 9.21. The van der Waals surface area contributed by atoms with Gasteiger partial charge in [-0.15, -0.1) is 0 Å². The second-order valence-corrected chi connectivity index (χ2v) is 7.10. The molecule has 3 atom stereocenters. The molecule has 0 bridgehead atoms. The zero-order chi connectivity index (χ0) is 13.7. The van der Waals surface area contributed by atoms with Gasteiger partial charge in [-0.25, -0.2) is 0 Å². The minimum atomic E-state index is 0.135. The minimum Gasteiger partial charge on any atom is -0.377 e. The molecule has 2 aliphatic heterocycles. The summed E-state index contributed by atoms with van der Waals surface area (Å²) in [6.07, 6.45) is 5.86. The van der Waals surface area contributed by atoms with E-state index in [-0.39, 0.29) is 17.7 Å². The van der Waals surface area contributed by atoms with Crippen molar-refractivity contribution < 1.29 is 9.47 Å². The van der Waals surface area contributed by atoms with Gasteiger partial charge >= 0.3 is 0 Å². The molecule has 2 N–H and O–H groups in total. The molecule has 0 aromatic rings. The van der Waals surface area contributed by atoms with Gasteiger partial charge in [0, 0.05) is 19.3 Å². The van der Waals surface area contributed by atoms with Crippen molar-refractivity contribution in [3.8, 4) is 0 Å². The van der Waals surface area contributed by atoms with E-state index in [0.29, 0.717) is 5.92 Å². The number of hydrogen-bond donors (Lipinski definition) is 1. The molecule has 2 fully saturated rings. The topological polar surface area (TPSA) is 44.5 Å². The van der Waals surface area contributed by atoms with Gasteiger partial charge in [-0.05, 0) is 56.5 Å². The molecule has 0 aliphatic carbocycles. The molecule has 4 heteroatoms. The molecule has 0 radical (unpaired) electrons. The Morgan fingerprint density at radius 3 is 2.74 bits per heavy atom. The molecular formula is C15H29NO2S. The van der Waals surface area contributed by atoms with Crippen molar-refractivity contribution in [2.75, 3.05) is 24.7 Å². The van der Waals surface area contributed by atoms with Gasteiger partial charge in [-0.3, -0.25) is 0 Å². The van der Waals surface area contributed by atoms with Crippen LogP contribution < -0.4 is 5.73 Å². The molecule has 0 aromatic carbocycles. The molecule has 2 saturated heterocycles. The molecule has 0 aromatic heterocycles. The fourth-order valence-electron chi connectivity index (χ4n) is 3.50. The summed E-state index contributed by atoms with van der Waals surface area (Å²) in [7, 11) is 0. The van der Waals surface area contributed by atoms with E-state index in [1.165, 1.54) is 24.3 Å². The standard InChI is InChI=1S/C15H29NO2S/c1-3-13(17-4-2)14(16)12-5-8-18-15(11-12)6-9-19-10-7-15/h12-14H,3-11,16H2,1-2H3. The normalized spacial score (nSPS) is 30.2. The largest absolute Gasteiger partial charge is 0.377 e. The Morgan fingerprint density at radius 2 is 2.11 bits per heavy atom. The zero-order valence-electron chi connectivity index (χ0n) is 12.4. The molecule has 1 spiro atoms. The average Bonchev–Trinajstić information content (AvgIpc) is 2.45. The number of ether oxygens (including phenoxy) is 2. The Labute approximate surface area is 122 Å². The van der Waals surface area contributed by atoms with E-state index < -0.39 is 0 Å². The van der Waals surface area contributed by atoms with Crippen molar-refractivity contribution in [2.45, 2.75) is 63.7 Å². The summed E-state index contributed by atoms with van der Waals surface area (Å²) >= 11 is 2.06. The highest BCUT2D eigenvalue weighted by atomic mass is 32.2. The van der Waals surface area contributed by atoms with Crippen molar-refractivity contribution in [3.05, 3.63) is 0 Å². The Bertz CT molecular complexity index is 263. The van der Waals surface area contributed by atoms with Crippen LogP contribution in [0.3, 0.4) is 0 Å². The van der Waals surface area contributed by atoms with Crippen molar-refractivity contribution in [1.82, 2.24) is 0 Å². The monoisotopic (exact) mass is 287 g/mol. The number of nitrogens with two attached hydrogens (primary N) is 1. The maximum absolute atomic E-state index is 6.49. The summed E-state index contributed by atoms with van der Waals surface area (Å²) in [5.41, 5.74) is 6.63. The maximum atomic E-state index is 6.49. The smallest absolute Gasteiger partial charge is 0.0725 e. The molecule has 2 aliphatic rings. The molecule has 19 heavy (non-hydrogen) atoms. The molecule has 3 nitrogen and oxygen atoms in total. The Morgan fingerprint density at radius 1 is 1.37 bits per heavy atom. The highest BCUT2D eigenvalue weighted by Crippen LogP contribution is 2.41. The molecule has 2 rings (SSSR count). The van der Waals surface area contributed by atoms with Gasteiger partial charge in [-0.1, -0.05) is 6.92 Å². The number of thioether (sulfide) groups is 1. The fourth-order valence-corrected chi connectivity index (χ4v) is 4.74. The van der Waals surface area contributed by atoms with Crippen LogP contribution in [-0.4, -0.2) is 42.5 Å². The van der Waals surface area contributed by atoms with Crippen molar-refractivity contribution in [1.29, 1.82) is 0 Å². The lowest BCUT2D eigenvalue weighted by Gasteiger charge is -2.45. The maximum Gasteiger partial charge on any atom is 0.0725 e. The lowest BCUT2D eigenvalue weighted by Crippen LogP contribution is -2.51. The van der Waals surface area contributed by atoms with Crippen molar-refractivity contribution >= 4 is 11.8 Å². The molecule has 112 valence electrons. The SMILES string of the molecule is CCOC(CC)C(N)C1CCOC2(CCSCC2)C1. The molecular weight excluding hydrogens is 258 g/mol. The second-order valence-electron chi connectivity index (χ2n) is 5.88. The fraction of sp³-hybridized carbons (Fsp3) is 1.00. The minimum absolute atomic E-state index is 0.135. The van der Waals surface area contributed by atoms with Crippen LogP contribution in [0.25, 0.3) is 0 Å². The van der Waals surface area contributed by atoms with E-state index in [2.05, 4.69) is 25.6 Å². The third-order valence-corrected chi connectivity index (χ3v) is 5.68. The van der Waals surface area contributed by atoms with Crippen molar-refractivity contribution in [2.24, 2.45) is 11.7 Å². The van der Waals surface area contributed by atoms with Gasteiger partial charge in [-0.2, -0.15) is 11.8 Å².